The number of benzene rings is 2. The van der Waals surface area contributed by atoms with Gasteiger partial charge < -0.3 is 25.6 Å². The zero-order valence-electron chi connectivity index (χ0n) is 18.0. The van der Waals surface area contributed by atoms with Crippen molar-refractivity contribution in [2.45, 2.75) is 26.5 Å². The molecule has 3 N–H and O–H groups in total. The number of hydrogen-bond acceptors (Lipinski definition) is 4. The summed E-state index contributed by atoms with van der Waals surface area (Å²) in [4.78, 5) is 18.3. The fraction of sp³-hybridized carbons (Fsp3) is 0.391. The molecule has 0 radical (unpaired) electrons. The molecule has 0 aromatic heterocycles. The summed E-state index contributed by atoms with van der Waals surface area (Å²) in [7, 11) is 0. The molecular weight excluding hydrogens is 397 g/mol. The minimum absolute atomic E-state index is 0.0527. The molecule has 1 aliphatic rings. The Morgan fingerprint density at radius 1 is 1.26 bits per heavy atom. The number of hydrogen-bond donors (Lipinski definition) is 3. The van der Waals surface area contributed by atoms with Crippen molar-refractivity contribution >= 4 is 17.6 Å². The maximum absolute atomic E-state index is 13.3. The average molecular weight is 428 g/mol. The van der Waals surface area contributed by atoms with Crippen LogP contribution in [0, 0.1) is 5.82 Å². The first-order valence-electron chi connectivity index (χ1n) is 10.6. The minimum atomic E-state index is -0.317. The number of nitrogens with one attached hydrogen (secondary N) is 3. The molecule has 7 nitrogen and oxygen atoms in total. The first kappa shape index (κ1) is 22.4. The van der Waals surface area contributed by atoms with E-state index in [9.17, 15) is 9.18 Å². The molecule has 166 valence electrons. The molecule has 8 heteroatoms. The zero-order chi connectivity index (χ0) is 22.1. The number of piperazine rings is 1. The van der Waals surface area contributed by atoms with Crippen molar-refractivity contribution in [2.24, 2.45) is 4.99 Å². The Bertz CT molecular complexity index is 888. The Labute approximate surface area is 182 Å². The molecule has 1 saturated heterocycles. The van der Waals surface area contributed by atoms with Crippen LogP contribution in [-0.4, -0.2) is 50.7 Å². The fourth-order valence-electron chi connectivity index (χ4n) is 3.24. The molecule has 3 rings (SSSR count). The first-order chi connectivity index (χ1) is 15.0. The maximum atomic E-state index is 13.3. The van der Waals surface area contributed by atoms with Crippen molar-refractivity contribution in [3.63, 3.8) is 0 Å². The van der Waals surface area contributed by atoms with Gasteiger partial charge in [-0.1, -0.05) is 18.2 Å². The topological polar surface area (TPSA) is 78.0 Å². The molecule has 0 spiro atoms. The van der Waals surface area contributed by atoms with Gasteiger partial charge in [-0.2, -0.15) is 0 Å². The second kappa shape index (κ2) is 11.2. The quantitative estimate of drug-likeness (QED) is 0.445. The maximum Gasteiger partial charge on any atom is 0.239 e. The van der Waals surface area contributed by atoms with Gasteiger partial charge in [0.05, 0.1) is 19.6 Å². The lowest BCUT2D eigenvalue weighted by Gasteiger charge is -2.28. The normalized spacial score (nSPS) is 15.3. The van der Waals surface area contributed by atoms with Gasteiger partial charge in [-0.3, -0.25) is 4.79 Å². The number of amides is 1. The predicted molar refractivity (Wildman–Crippen MR) is 121 cm³/mol. The highest BCUT2D eigenvalue weighted by Gasteiger charge is 2.16. The van der Waals surface area contributed by atoms with Crippen LogP contribution in [0.25, 0.3) is 0 Å². The van der Waals surface area contributed by atoms with Gasteiger partial charge >= 0.3 is 0 Å². The fourth-order valence-corrected chi connectivity index (χ4v) is 3.24. The number of anilines is 1. The van der Waals surface area contributed by atoms with E-state index in [1.54, 1.807) is 12.1 Å². The largest absolute Gasteiger partial charge is 0.489 e. The molecular formula is C23H30FN5O2. The smallest absolute Gasteiger partial charge is 0.239 e. The van der Waals surface area contributed by atoms with Gasteiger partial charge in [-0.15, -0.1) is 0 Å². The van der Waals surface area contributed by atoms with Crippen LogP contribution in [0.2, 0.25) is 0 Å². The molecule has 0 aliphatic carbocycles. The molecule has 2 aromatic rings. The Hall–Kier alpha value is -3.29. The van der Waals surface area contributed by atoms with Gasteiger partial charge in [0, 0.05) is 31.4 Å². The highest BCUT2D eigenvalue weighted by Crippen LogP contribution is 2.16. The van der Waals surface area contributed by atoms with Crippen LogP contribution >= 0.6 is 0 Å². The zero-order valence-corrected chi connectivity index (χ0v) is 18.0. The van der Waals surface area contributed by atoms with Crippen molar-refractivity contribution in [3.8, 4) is 5.75 Å². The second-order valence-electron chi connectivity index (χ2n) is 7.40. The van der Waals surface area contributed by atoms with E-state index in [1.807, 2.05) is 38.1 Å². The lowest BCUT2D eigenvalue weighted by molar-refractivity contribution is -0.120. The van der Waals surface area contributed by atoms with E-state index >= 15 is 0 Å². The van der Waals surface area contributed by atoms with Gasteiger partial charge in [0.25, 0.3) is 0 Å². The summed E-state index contributed by atoms with van der Waals surface area (Å²) < 4.78 is 19.0. The Kier molecular flexibility index (Phi) is 8.09. The van der Waals surface area contributed by atoms with Crippen molar-refractivity contribution in [1.82, 2.24) is 16.0 Å². The number of aliphatic imine (C=N–C) groups is 1. The van der Waals surface area contributed by atoms with Crippen molar-refractivity contribution < 1.29 is 13.9 Å². The number of halogens is 1. The third-order valence-corrected chi connectivity index (χ3v) is 4.79. The number of nitrogens with zero attached hydrogens (tertiary/aromatic N) is 2. The van der Waals surface area contributed by atoms with E-state index in [2.05, 4.69) is 25.8 Å². The van der Waals surface area contributed by atoms with E-state index < -0.39 is 0 Å². The van der Waals surface area contributed by atoms with Crippen LogP contribution in [0.3, 0.4) is 0 Å². The van der Waals surface area contributed by atoms with Crippen LogP contribution in [0.15, 0.2) is 53.5 Å². The summed E-state index contributed by atoms with van der Waals surface area (Å²) in [5, 5.41) is 9.32. The summed E-state index contributed by atoms with van der Waals surface area (Å²) in [6.45, 7) is 7.59. The van der Waals surface area contributed by atoms with Crippen LogP contribution in [0.5, 0.6) is 5.75 Å². The SMILES string of the molecule is CCNC(=NCc1ccc(N2CCNC(=O)C2)cc1)NCC(C)Oc1cccc(F)c1. The van der Waals surface area contributed by atoms with Crippen molar-refractivity contribution in [3.05, 3.63) is 59.9 Å². The highest BCUT2D eigenvalue weighted by atomic mass is 19.1. The summed E-state index contributed by atoms with van der Waals surface area (Å²) in [6.07, 6.45) is -0.160. The highest BCUT2D eigenvalue weighted by molar-refractivity contribution is 5.82. The molecule has 0 bridgehead atoms. The Morgan fingerprint density at radius 2 is 2.06 bits per heavy atom. The average Bonchev–Trinajstić information content (AvgIpc) is 2.76. The van der Waals surface area contributed by atoms with Crippen LogP contribution in [0.1, 0.15) is 19.4 Å². The Balaban J connectivity index is 1.52. The number of carbonyl (C=O) groups is 1. The molecule has 1 fully saturated rings. The van der Waals surface area contributed by atoms with Crippen molar-refractivity contribution in [1.29, 1.82) is 0 Å². The van der Waals surface area contributed by atoms with E-state index in [-0.39, 0.29) is 17.8 Å². The molecule has 1 atom stereocenters. The predicted octanol–water partition coefficient (Wildman–Crippen LogP) is 2.28. The van der Waals surface area contributed by atoms with E-state index in [0.29, 0.717) is 37.9 Å². The molecule has 2 aromatic carbocycles. The van der Waals surface area contributed by atoms with Gasteiger partial charge in [0.1, 0.15) is 17.7 Å². The van der Waals surface area contributed by atoms with Crippen LogP contribution in [0.4, 0.5) is 10.1 Å². The summed E-state index contributed by atoms with van der Waals surface area (Å²) in [5.41, 5.74) is 2.11. The van der Waals surface area contributed by atoms with E-state index in [4.69, 9.17) is 4.74 Å². The van der Waals surface area contributed by atoms with Crippen LogP contribution < -0.4 is 25.6 Å². The van der Waals surface area contributed by atoms with Gasteiger partial charge in [0.15, 0.2) is 5.96 Å². The van der Waals surface area contributed by atoms with Gasteiger partial charge in [-0.25, -0.2) is 9.38 Å². The molecule has 1 unspecified atom stereocenters. The van der Waals surface area contributed by atoms with Crippen LogP contribution in [-0.2, 0) is 11.3 Å². The number of ether oxygens (including phenoxy) is 1. The van der Waals surface area contributed by atoms with Gasteiger partial charge in [0.2, 0.25) is 5.91 Å². The summed E-state index contributed by atoms with van der Waals surface area (Å²) in [5.74, 6) is 0.926. The third-order valence-electron chi connectivity index (χ3n) is 4.79. The van der Waals surface area contributed by atoms with Gasteiger partial charge in [-0.05, 0) is 43.7 Å². The number of rotatable bonds is 8. The number of carbonyl (C=O) groups excluding carboxylic acids is 1. The van der Waals surface area contributed by atoms with E-state index in [1.165, 1.54) is 12.1 Å². The first-order valence-corrected chi connectivity index (χ1v) is 10.6. The molecule has 31 heavy (non-hydrogen) atoms. The minimum Gasteiger partial charge on any atom is -0.489 e. The third kappa shape index (κ3) is 7.16. The summed E-state index contributed by atoms with van der Waals surface area (Å²) in [6, 6.07) is 14.2. The summed E-state index contributed by atoms with van der Waals surface area (Å²) >= 11 is 0. The second-order valence-corrected chi connectivity index (χ2v) is 7.40. The standard InChI is InChI=1S/C23H30FN5O2/c1-3-25-23(27-14-17(2)31-21-6-4-5-19(24)13-21)28-15-18-7-9-20(10-8-18)29-12-11-26-22(30)16-29/h4-10,13,17H,3,11-12,14-16H2,1-2H3,(H,26,30)(H2,25,27,28). The number of guanidine groups is 1. The molecule has 1 heterocycles. The molecule has 0 saturated carbocycles. The molecule has 1 aliphatic heterocycles. The monoisotopic (exact) mass is 427 g/mol. The Morgan fingerprint density at radius 3 is 2.77 bits per heavy atom. The lowest BCUT2D eigenvalue weighted by atomic mass is 10.2. The van der Waals surface area contributed by atoms with Crippen molar-refractivity contribution in [2.75, 3.05) is 37.6 Å². The molecule has 1 amide bonds. The van der Waals surface area contributed by atoms with E-state index in [0.717, 1.165) is 24.3 Å². The lowest BCUT2D eigenvalue weighted by Crippen LogP contribution is -2.47.